The molecule has 4 fully saturated rings. The first-order chi connectivity index (χ1) is 46.8. The van der Waals surface area contributed by atoms with Crippen molar-refractivity contribution in [3.05, 3.63) is 191 Å². The van der Waals surface area contributed by atoms with E-state index in [-0.39, 0.29) is 47.7 Å². The predicted octanol–water partition coefficient (Wildman–Crippen LogP) is 16.1. The van der Waals surface area contributed by atoms with Crippen LogP contribution in [0.2, 0.25) is 0 Å². The summed E-state index contributed by atoms with van der Waals surface area (Å²) < 4.78 is 79.6. The summed E-state index contributed by atoms with van der Waals surface area (Å²) in [7, 11) is -6.04. The lowest BCUT2D eigenvalue weighted by atomic mass is 9.72. The van der Waals surface area contributed by atoms with E-state index in [0.717, 1.165) is 127 Å². The number of hydrogen-bond acceptors (Lipinski definition) is 9. The highest BCUT2D eigenvalue weighted by Gasteiger charge is 2.53. The van der Waals surface area contributed by atoms with E-state index in [2.05, 4.69) is 134 Å². The average molecular weight is 1370 g/mol. The third-order valence-corrected chi connectivity index (χ3v) is 25.4. The zero-order chi connectivity index (χ0) is 71.2. The van der Waals surface area contributed by atoms with Crippen LogP contribution in [0.25, 0.3) is 0 Å². The standard InChI is InChI=1S/C31H42BNO3.C26H30F3NO4S.C25H31NO2/c1-20-21(2)27(23-15-17-33(18-16-23)22(3)34)14-13-25(20)19-26-12-11-24-9-8-10-28(29(24)26)32-35-30(4,5)31(6,7)36-32;1-16-17(2)23(19-11-13-30(14-12-19)18(3)31)10-9-21(16)15-22-8-7-20-5-4-6-24(25(20)22)34-35(32,33)26(27,28)29;1-16-17(2)23(19-11-13-26(14-12-19)18(3)27)10-9-21(16)15-22-8-7-20-5-4-6-24(28)25(20)22/h8-10,13-14,23,26H,11-12,15-19H2,1-7H3;4-6,9-10,19,22H,7-8,11-15H2,1-3H3;4-6,9-10,19,22,28H,7-8,11-15H2,1-3H3. The van der Waals surface area contributed by atoms with Crippen molar-refractivity contribution in [1.29, 1.82) is 0 Å². The molecule has 4 heterocycles. The molecule has 1 N–H and O–H groups in total. The van der Waals surface area contributed by atoms with Crippen LogP contribution in [0.4, 0.5) is 13.2 Å². The van der Waals surface area contributed by atoms with Crippen molar-refractivity contribution in [2.45, 2.75) is 239 Å². The summed E-state index contributed by atoms with van der Waals surface area (Å²) in [4.78, 5) is 40.8. The number of benzene rings is 6. The number of alkyl halides is 3. The Kier molecular flexibility index (Phi) is 21.9. The first kappa shape index (κ1) is 73.3. The van der Waals surface area contributed by atoms with Gasteiger partial charge in [0, 0.05) is 71.2 Å². The molecule has 0 bridgehead atoms. The summed E-state index contributed by atoms with van der Waals surface area (Å²) in [5.74, 6) is 3.00. The highest BCUT2D eigenvalue weighted by molar-refractivity contribution is 7.88. The molecule has 99 heavy (non-hydrogen) atoms. The lowest BCUT2D eigenvalue weighted by Gasteiger charge is -2.32. The van der Waals surface area contributed by atoms with Gasteiger partial charge in [-0.2, -0.15) is 21.6 Å². The number of phenols is 1. The number of hydrogen-bond donors (Lipinski definition) is 1. The highest BCUT2D eigenvalue weighted by Crippen LogP contribution is 2.47. The second-order valence-electron chi connectivity index (χ2n) is 30.5. The Balaban J connectivity index is 0.000000151. The number of carbonyl (C=O) groups is 3. The molecule has 3 amide bonds. The molecular weight excluding hydrogens is 1270 g/mol. The van der Waals surface area contributed by atoms with Gasteiger partial charge in [-0.3, -0.25) is 14.4 Å². The van der Waals surface area contributed by atoms with Gasteiger partial charge in [0.2, 0.25) is 17.7 Å². The van der Waals surface area contributed by atoms with E-state index in [0.29, 0.717) is 60.2 Å². The molecule has 3 unspecified atom stereocenters. The van der Waals surface area contributed by atoms with Crippen molar-refractivity contribution in [1.82, 2.24) is 14.7 Å². The van der Waals surface area contributed by atoms with Crippen LogP contribution in [-0.4, -0.2) is 109 Å². The molecule has 3 aliphatic carbocycles. The smallest absolute Gasteiger partial charge is 0.508 e. The maximum atomic E-state index is 12.9. The average Bonchev–Trinajstić information content (AvgIpc) is 1.62. The van der Waals surface area contributed by atoms with Crippen molar-refractivity contribution in [3.8, 4) is 11.5 Å². The largest absolute Gasteiger partial charge is 0.534 e. The van der Waals surface area contributed by atoms with E-state index >= 15 is 0 Å². The van der Waals surface area contributed by atoms with Crippen LogP contribution in [0, 0.1) is 41.5 Å². The fraction of sp³-hybridized carbons (Fsp3) is 0.524. The van der Waals surface area contributed by atoms with Crippen LogP contribution in [-0.2, 0) is 72.3 Å². The second kappa shape index (κ2) is 29.6. The Labute approximate surface area is 587 Å². The van der Waals surface area contributed by atoms with Gasteiger partial charge in [-0.25, -0.2) is 0 Å². The SMILES string of the molecule is CC(=O)N1CCC(c2ccc(CC3CCc4cccc(B5OC(C)(C)C(C)(C)O5)c43)c(C)c2C)CC1.CC(=O)N1CCC(c2ccc(CC3CCc4cccc(O)c43)c(C)c2C)CC1.CC(=O)N1CCC(c2ccc(CC3CCc4cccc(OS(=O)(=O)C(F)(F)F)c43)c(C)c2C)CC1. The third kappa shape index (κ3) is 15.5. The zero-order valence-electron chi connectivity index (χ0n) is 60.6. The van der Waals surface area contributed by atoms with Crippen molar-refractivity contribution in [3.63, 3.8) is 0 Å². The Hall–Kier alpha value is -6.95. The fourth-order valence-corrected chi connectivity index (χ4v) is 17.8. The van der Waals surface area contributed by atoms with Gasteiger partial charge in [0.1, 0.15) is 11.5 Å². The van der Waals surface area contributed by atoms with Gasteiger partial charge in [-0.1, -0.05) is 78.9 Å². The molecule has 3 atom stereocenters. The lowest BCUT2D eigenvalue weighted by Crippen LogP contribution is -2.41. The number of halogens is 3. The minimum absolute atomic E-state index is 0.106. The highest BCUT2D eigenvalue weighted by atomic mass is 32.2. The third-order valence-electron chi connectivity index (χ3n) is 24.4. The number of aromatic hydroxyl groups is 1. The summed E-state index contributed by atoms with van der Waals surface area (Å²) in [6, 6.07) is 30.9. The number of aryl methyl sites for hydroxylation is 3. The molecule has 0 saturated carbocycles. The maximum Gasteiger partial charge on any atom is 0.534 e. The zero-order valence-corrected chi connectivity index (χ0v) is 61.5. The van der Waals surface area contributed by atoms with Crippen LogP contribution in [0.15, 0.2) is 91.0 Å². The maximum absolute atomic E-state index is 12.9. The second-order valence-corrected chi connectivity index (χ2v) is 32.1. The Morgan fingerprint density at radius 2 is 0.818 bits per heavy atom. The summed E-state index contributed by atoms with van der Waals surface area (Å²) in [5.41, 5.74) is 18.0. The van der Waals surface area contributed by atoms with Crippen LogP contribution >= 0.6 is 0 Å². The summed E-state index contributed by atoms with van der Waals surface area (Å²) in [6.45, 7) is 31.7. The molecule has 4 saturated heterocycles. The van der Waals surface area contributed by atoms with Crippen molar-refractivity contribution < 1.29 is 54.6 Å². The van der Waals surface area contributed by atoms with E-state index in [1.54, 1.807) is 20.8 Å². The Morgan fingerprint density at radius 3 is 1.19 bits per heavy atom. The summed E-state index contributed by atoms with van der Waals surface area (Å²) >= 11 is 0. The monoisotopic (exact) mass is 1370 g/mol. The number of carbonyl (C=O) groups excluding carboxylic acids is 3. The van der Waals surface area contributed by atoms with E-state index in [9.17, 15) is 41.1 Å². The number of fused-ring (bicyclic) bond motifs is 3. The van der Waals surface area contributed by atoms with Gasteiger partial charge in [0.15, 0.2) is 0 Å². The molecular formula is C82H103BF3N3O9S. The molecule has 6 aromatic rings. The van der Waals surface area contributed by atoms with Crippen LogP contribution in [0.5, 0.6) is 11.5 Å². The molecule has 0 spiro atoms. The molecule has 6 aromatic carbocycles. The Morgan fingerprint density at radius 1 is 0.485 bits per heavy atom. The summed E-state index contributed by atoms with van der Waals surface area (Å²) in [6.07, 6.45) is 14.6. The number of piperidine rings is 3. The number of nitrogens with zero attached hydrogens (tertiary/aromatic N) is 3. The molecule has 0 radical (unpaired) electrons. The van der Waals surface area contributed by atoms with E-state index in [1.165, 1.54) is 102 Å². The van der Waals surface area contributed by atoms with Gasteiger partial charge in [-0.05, 0) is 308 Å². The van der Waals surface area contributed by atoms with Gasteiger partial charge < -0.3 is 33.3 Å². The van der Waals surface area contributed by atoms with Crippen molar-refractivity contribution >= 4 is 40.4 Å². The van der Waals surface area contributed by atoms with Crippen LogP contribution in [0.1, 0.15) is 242 Å². The molecule has 13 rings (SSSR count). The fourth-order valence-electron chi connectivity index (χ4n) is 17.4. The first-order valence-electron chi connectivity index (χ1n) is 36.3. The molecule has 7 aliphatic rings. The van der Waals surface area contributed by atoms with Gasteiger partial charge in [0.25, 0.3) is 0 Å². The predicted molar refractivity (Wildman–Crippen MR) is 387 cm³/mol. The number of likely N-dealkylation sites (tertiary alicyclic amines) is 3. The van der Waals surface area contributed by atoms with Crippen molar-refractivity contribution in [2.75, 3.05) is 39.3 Å². The van der Waals surface area contributed by atoms with Crippen LogP contribution < -0.4 is 9.65 Å². The first-order valence-corrected chi connectivity index (χ1v) is 37.7. The van der Waals surface area contributed by atoms with Gasteiger partial charge >= 0.3 is 22.7 Å². The van der Waals surface area contributed by atoms with E-state index < -0.39 is 15.6 Å². The minimum atomic E-state index is -5.74. The topological polar surface area (TPSA) is 143 Å². The quantitative estimate of drug-likeness (QED) is 0.0719. The molecule has 4 aliphatic heterocycles. The molecule has 530 valence electrons. The lowest BCUT2D eigenvalue weighted by molar-refractivity contribution is -0.130. The summed E-state index contributed by atoms with van der Waals surface area (Å²) in [5, 5.41) is 10.4. The number of rotatable bonds is 12. The van der Waals surface area contributed by atoms with Gasteiger partial charge in [-0.15, -0.1) is 0 Å². The molecule has 12 nitrogen and oxygen atoms in total. The van der Waals surface area contributed by atoms with Crippen molar-refractivity contribution in [2.24, 2.45) is 0 Å². The minimum Gasteiger partial charge on any atom is -0.508 e. The van der Waals surface area contributed by atoms with E-state index in [1.807, 2.05) is 32.9 Å². The molecule has 17 heteroatoms. The molecule has 0 aromatic heterocycles. The van der Waals surface area contributed by atoms with Gasteiger partial charge in [0.05, 0.1) is 11.2 Å². The Bertz CT molecular complexity index is 4110. The van der Waals surface area contributed by atoms with Crippen LogP contribution in [0.3, 0.4) is 0 Å². The number of amides is 3. The number of phenolic OH excluding ortho intramolecular Hbond substituents is 1. The normalized spacial score (nSPS) is 20.7. The van der Waals surface area contributed by atoms with E-state index in [4.69, 9.17) is 9.31 Å².